The summed E-state index contributed by atoms with van der Waals surface area (Å²) in [4.78, 5) is 0. The van der Waals surface area contributed by atoms with E-state index in [1.54, 1.807) is 6.20 Å². The van der Waals surface area contributed by atoms with E-state index in [2.05, 4.69) is 47.0 Å². The molecule has 0 aliphatic rings. The first-order valence-corrected chi connectivity index (χ1v) is 5.29. The predicted octanol–water partition coefficient (Wildman–Crippen LogP) is 2.99. The molecule has 80 valence electrons. The van der Waals surface area contributed by atoms with Gasteiger partial charge >= 0.3 is 0 Å². The third-order valence-electron chi connectivity index (χ3n) is 2.82. The molecule has 2 heterocycles. The van der Waals surface area contributed by atoms with E-state index >= 15 is 0 Å². The lowest BCUT2D eigenvalue weighted by molar-refractivity contribution is 0.377. The molecule has 0 unspecified atom stereocenters. The van der Waals surface area contributed by atoms with Gasteiger partial charge in [0.25, 0.3) is 0 Å². The number of aromatic nitrogens is 2. The minimum Gasteiger partial charge on any atom is -0.359 e. The average molecular weight is 212 g/mol. The SMILES string of the molecule is Cc1cc2ccccc2n1Cc1ccno1. The molecular weight excluding hydrogens is 200 g/mol. The summed E-state index contributed by atoms with van der Waals surface area (Å²) in [6.07, 6.45) is 1.68. The zero-order valence-electron chi connectivity index (χ0n) is 9.05. The van der Waals surface area contributed by atoms with Gasteiger partial charge in [0.1, 0.15) is 0 Å². The van der Waals surface area contributed by atoms with Gasteiger partial charge in [-0.25, -0.2) is 0 Å². The second-order valence-electron chi connectivity index (χ2n) is 3.91. The average Bonchev–Trinajstić information content (AvgIpc) is 2.89. The van der Waals surface area contributed by atoms with Gasteiger partial charge in [0.2, 0.25) is 0 Å². The van der Waals surface area contributed by atoms with Crippen LogP contribution in [0.15, 0.2) is 47.1 Å². The van der Waals surface area contributed by atoms with Crippen LogP contribution in [0, 0.1) is 6.92 Å². The fraction of sp³-hybridized carbons (Fsp3) is 0.154. The Kier molecular flexibility index (Phi) is 2.03. The fourth-order valence-corrected chi connectivity index (χ4v) is 2.04. The number of hydrogen-bond acceptors (Lipinski definition) is 2. The van der Waals surface area contributed by atoms with Gasteiger partial charge in [-0.2, -0.15) is 0 Å². The second-order valence-corrected chi connectivity index (χ2v) is 3.91. The number of hydrogen-bond donors (Lipinski definition) is 0. The molecule has 0 fully saturated rings. The van der Waals surface area contributed by atoms with Gasteiger partial charge in [-0.1, -0.05) is 23.4 Å². The van der Waals surface area contributed by atoms with Crippen LogP contribution in [0.3, 0.4) is 0 Å². The molecule has 2 aromatic heterocycles. The minimum atomic E-state index is 0.735. The molecule has 3 heteroatoms. The molecular formula is C13H12N2O. The van der Waals surface area contributed by atoms with Crippen LogP contribution in [0.25, 0.3) is 10.9 Å². The van der Waals surface area contributed by atoms with Gasteiger partial charge in [0.05, 0.1) is 12.7 Å². The maximum atomic E-state index is 5.14. The van der Waals surface area contributed by atoms with Gasteiger partial charge in [0, 0.05) is 17.3 Å². The molecule has 0 aliphatic carbocycles. The molecule has 0 amide bonds. The van der Waals surface area contributed by atoms with Crippen LogP contribution in [-0.4, -0.2) is 9.72 Å². The highest BCUT2D eigenvalue weighted by Gasteiger charge is 2.06. The van der Waals surface area contributed by atoms with Crippen LogP contribution in [0.2, 0.25) is 0 Å². The molecule has 16 heavy (non-hydrogen) atoms. The van der Waals surface area contributed by atoms with E-state index in [-0.39, 0.29) is 0 Å². The zero-order valence-corrected chi connectivity index (χ0v) is 9.05. The van der Waals surface area contributed by atoms with E-state index < -0.39 is 0 Å². The Morgan fingerprint density at radius 3 is 2.94 bits per heavy atom. The van der Waals surface area contributed by atoms with Gasteiger partial charge in [-0.3, -0.25) is 0 Å². The summed E-state index contributed by atoms with van der Waals surface area (Å²) in [5, 5.41) is 4.99. The normalized spacial score (nSPS) is 11.1. The van der Waals surface area contributed by atoms with E-state index in [1.165, 1.54) is 16.6 Å². The molecule has 0 saturated carbocycles. The Labute approximate surface area is 93.3 Å². The van der Waals surface area contributed by atoms with Crippen molar-refractivity contribution in [3.63, 3.8) is 0 Å². The molecule has 0 saturated heterocycles. The minimum absolute atomic E-state index is 0.735. The lowest BCUT2D eigenvalue weighted by Crippen LogP contribution is -2.00. The molecule has 1 aromatic carbocycles. The van der Waals surface area contributed by atoms with Crippen molar-refractivity contribution >= 4 is 10.9 Å². The highest BCUT2D eigenvalue weighted by Crippen LogP contribution is 2.20. The molecule has 3 nitrogen and oxygen atoms in total. The van der Waals surface area contributed by atoms with Gasteiger partial charge in [-0.15, -0.1) is 0 Å². The largest absolute Gasteiger partial charge is 0.359 e. The first-order chi connectivity index (χ1) is 7.84. The van der Waals surface area contributed by atoms with E-state index in [0.717, 1.165) is 12.3 Å². The number of nitrogens with zero attached hydrogens (tertiary/aromatic N) is 2. The first-order valence-electron chi connectivity index (χ1n) is 5.29. The fourth-order valence-electron chi connectivity index (χ4n) is 2.04. The van der Waals surface area contributed by atoms with Crippen molar-refractivity contribution in [2.75, 3.05) is 0 Å². The third-order valence-corrected chi connectivity index (χ3v) is 2.82. The van der Waals surface area contributed by atoms with Crippen LogP contribution in [0.4, 0.5) is 0 Å². The van der Waals surface area contributed by atoms with E-state index in [0.29, 0.717) is 0 Å². The Morgan fingerprint density at radius 1 is 1.25 bits per heavy atom. The molecule has 0 N–H and O–H groups in total. The van der Waals surface area contributed by atoms with Crippen molar-refractivity contribution in [3.05, 3.63) is 54.0 Å². The Balaban J connectivity index is 2.12. The number of fused-ring (bicyclic) bond motifs is 1. The van der Waals surface area contributed by atoms with E-state index in [1.807, 2.05) is 6.07 Å². The molecule has 0 atom stereocenters. The highest BCUT2D eigenvalue weighted by molar-refractivity contribution is 5.81. The molecule has 0 aliphatic heterocycles. The summed E-state index contributed by atoms with van der Waals surface area (Å²) in [6.45, 7) is 2.84. The Bertz CT molecular complexity index is 608. The molecule has 0 bridgehead atoms. The van der Waals surface area contributed by atoms with Gasteiger partial charge < -0.3 is 9.09 Å². The molecule has 0 spiro atoms. The van der Waals surface area contributed by atoms with Crippen LogP contribution < -0.4 is 0 Å². The predicted molar refractivity (Wildman–Crippen MR) is 62.3 cm³/mol. The lowest BCUT2D eigenvalue weighted by Gasteiger charge is -2.04. The van der Waals surface area contributed by atoms with Gasteiger partial charge in [-0.05, 0) is 24.4 Å². The first kappa shape index (κ1) is 9.21. The van der Waals surface area contributed by atoms with Crippen LogP contribution in [0.1, 0.15) is 11.5 Å². The number of rotatable bonds is 2. The number of aryl methyl sites for hydroxylation is 1. The molecule has 3 rings (SSSR count). The van der Waals surface area contributed by atoms with Crippen molar-refractivity contribution in [1.82, 2.24) is 9.72 Å². The summed E-state index contributed by atoms with van der Waals surface area (Å²) >= 11 is 0. The van der Waals surface area contributed by atoms with Crippen molar-refractivity contribution in [1.29, 1.82) is 0 Å². The summed E-state index contributed by atoms with van der Waals surface area (Å²) in [5.74, 6) is 0.879. The third kappa shape index (κ3) is 1.41. The topological polar surface area (TPSA) is 31.0 Å². The second kappa shape index (κ2) is 3.52. The monoisotopic (exact) mass is 212 g/mol. The van der Waals surface area contributed by atoms with E-state index in [9.17, 15) is 0 Å². The van der Waals surface area contributed by atoms with Crippen molar-refractivity contribution in [3.8, 4) is 0 Å². The van der Waals surface area contributed by atoms with Crippen LogP contribution >= 0.6 is 0 Å². The summed E-state index contributed by atoms with van der Waals surface area (Å²) in [6, 6.07) is 12.4. The Hall–Kier alpha value is -2.03. The zero-order chi connectivity index (χ0) is 11.0. The Morgan fingerprint density at radius 2 is 2.12 bits per heavy atom. The number of benzene rings is 1. The summed E-state index contributed by atoms with van der Waals surface area (Å²) in [7, 11) is 0. The summed E-state index contributed by atoms with van der Waals surface area (Å²) in [5.41, 5.74) is 2.47. The quantitative estimate of drug-likeness (QED) is 0.653. The molecule has 0 radical (unpaired) electrons. The maximum Gasteiger partial charge on any atom is 0.156 e. The van der Waals surface area contributed by atoms with E-state index in [4.69, 9.17) is 4.52 Å². The smallest absolute Gasteiger partial charge is 0.156 e. The lowest BCUT2D eigenvalue weighted by atomic mass is 10.2. The van der Waals surface area contributed by atoms with Crippen molar-refractivity contribution < 1.29 is 4.52 Å². The maximum absolute atomic E-state index is 5.14. The summed E-state index contributed by atoms with van der Waals surface area (Å²) < 4.78 is 7.37. The van der Waals surface area contributed by atoms with Crippen LogP contribution in [-0.2, 0) is 6.54 Å². The standard InChI is InChI=1S/C13H12N2O/c1-10-8-11-4-2-3-5-13(11)15(10)9-12-6-7-14-16-12/h2-8H,9H2,1H3. The van der Waals surface area contributed by atoms with Crippen LogP contribution in [0.5, 0.6) is 0 Å². The van der Waals surface area contributed by atoms with Crippen molar-refractivity contribution in [2.45, 2.75) is 13.5 Å². The highest BCUT2D eigenvalue weighted by atomic mass is 16.5. The van der Waals surface area contributed by atoms with Crippen molar-refractivity contribution in [2.24, 2.45) is 0 Å². The van der Waals surface area contributed by atoms with Gasteiger partial charge in [0.15, 0.2) is 5.76 Å². The molecule has 3 aromatic rings. The number of para-hydroxylation sites is 1.